The van der Waals surface area contributed by atoms with E-state index in [9.17, 15) is 19.2 Å². The molecule has 9 nitrogen and oxygen atoms in total. The lowest BCUT2D eigenvalue weighted by Gasteiger charge is -2.30. The summed E-state index contributed by atoms with van der Waals surface area (Å²) in [6.45, 7) is 3.64. The number of nitrogens with zero attached hydrogens (tertiary/aromatic N) is 1. The highest BCUT2D eigenvalue weighted by molar-refractivity contribution is 8.00. The molecule has 3 aromatic carbocycles. The van der Waals surface area contributed by atoms with Gasteiger partial charge in [0.2, 0.25) is 11.8 Å². The number of rotatable bonds is 7. The van der Waals surface area contributed by atoms with Gasteiger partial charge < -0.3 is 19.8 Å². The second-order valence-corrected chi connectivity index (χ2v) is 12.4. The van der Waals surface area contributed by atoms with E-state index in [0.29, 0.717) is 38.3 Å². The van der Waals surface area contributed by atoms with Crippen molar-refractivity contribution in [3.05, 3.63) is 98.0 Å². The van der Waals surface area contributed by atoms with Crippen LogP contribution in [0.5, 0.6) is 11.5 Å². The molecule has 0 spiro atoms. The van der Waals surface area contributed by atoms with Gasteiger partial charge in [-0.2, -0.15) is 0 Å². The second-order valence-electron chi connectivity index (χ2n) is 10.2. The van der Waals surface area contributed by atoms with Crippen LogP contribution in [0.2, 0.25) is 0 Å². The monoisotopic (exact) mass is 601 g/mol. The van der Waals surface area contributed by atoms with Crippen LogP contribution in [0, 0.1) is 19.8 Å². The smallest absolute Gasteiger partial charge is 0.305 e. The molecule has 2 aliphatic rings. The zero-order valence-corrected chi connectivity index (χ0v) is 24.6. The number of aromatic nitrogens is 1. The molecule has 4 aromatic rings. The van der Waals surface area contributed by atoms with Gasteiger partial charge in [0.05, 0.1) is 23.7 Å². The number of carbonyl (C=O) groups is 3. The fraction of sp³-hybridized carbons (Fsp3) is 0.226. The SMILES string of the molecule is COc1cc([C@@H]2c3sc(=O)[nH]c3S[C@H]3C(=O)N(c4ccc(C)cc4)C(=O)[C@@H]23)ccc1OCC(=O)Nc1cccc(C)c1. The molecule has 0 radical (unpaired) electrons. The molecule has 0 unspecified atom stereocenters. The third kappa shape index (κ3) is 5.10. The molecule has 214 valence electrons. The molecule has 0 bridgehead atoms. The van der Waals surface area contributed by atoms with E-state index in [1.807, 2.05) is 44.2 Å². The number of ether oxygens (including phenoxy) is 2. The topological polar surface area (TPSA) is 118 Å². The summed E-state index contributed by atoms with van der Waals surface area (Å²) in [4.78, 5) is 57.0. The summed E-state index contributed by atoms with van der Waals surface area (Å²) < 4.78 is 11.4. The van der Waals surface area contributed by atoms with Crippen LogP contribution in [-0.2, 0) is 14.4 Å². The van der Waals surface area contributed by atoms with Crippen LogP contribution in [0.3, 0.4) is 0 Å². The summed E-state index contributed by atoms with van der Waals surface area (Å²) in [6.07, 6.45) is 0. The number of hydrogen-bond donors (Lipinski definition) is 2. The number of fused-ring (bicyclic) bond motifs is 2. The maximum absolute atomic E-state index is 13.9. The summed E-state index contributed by atoms with van der Waals surface area (Å²) in [5.74, 6) is -1.53. The summed E-state index contributed by atoms with van der Waals surface area (Å²) in [5.41, 5.74) is 3.93. The Hall–Kier alpha value is -4.35. The summed E-state index contributed by atoms with van der Waals surface area (Å²) in [5, 5.41) is 2.70. The van der Waals surface area contributed by atoms with Crippen molar-refractivity contribution in [2.45, 2.75) is 30.0 Å². The largest absolute Gasteiger partial charge is 0.493 e. The summed E-state index contributed by atoms with van der Waals surface area (Å²) in [7, 11) is 1.49. The van der Waals surface area contributed by atoms with Crippen LogP contribution in [0.4, 0.5) is 11.4 Å². The number of hydrogen-bond acceptors (Lipinski definition) is 8. The predicted octanol–water partition coefficient (Wildman–Crippen LogP) is 4.88. The second kappa shape index (κ2) is 11.1. The predicted molar refractivity (Wildman–Crippen MR) is 162 cm³/mol. The highest BCUT2D eigenvalue weighted by Crippen LogP contribution is 2.53. The van der Waals surface area contributed by atoms with E-state index in [2.05, 4.69) is 10.3 Å². The van der Waals surface area contributed by atoms with E-state index < -0.39 is 17.1 Å². The van der Waals surface area contributed by atoms with Gasteiger partial charge in [-0.05, 0) is 61.4 Å². The van der Waals surface area contributed by atoms with Crippen LogP contribution >= 0.6 is 23.1 Å². The van der Waals surface area contributed by atoms with Gasteiger partial charge in [-0.25, -0.2) is 4.90 Å². The number of aryl methyl sites for hydroxylation is 2. The van der Waals surface area contributed by atoms with Crippen molar-refractivity contribution in [2.24, 2.45) is 5.92 Å². The molecule has 1 aromatic heterocycles. The van der Waals surface area contributed by atoms with E-state index >= 15 is 0 Å². The Balaban J connectivity index is 1.30. The van der Waals surface area contributed by atoms with Gasteiger partial charge in [0.15, 0.2) is 18.1 Å². The van der Waals surface area contributed by atoms with Crippen molar-refractivity contribution < 1.29 is 23.9 Å². The minimum absolute atomic E-state index is 0.240. The number of H-pyrrole nitrogens is 1. The lowest BCUT2D eigenvalue weighted by Crippen LogP contribution is -2.32. The minimum Gasteiger partial charge on any atom is -0.493 e. The number of methoxy groups -OCH3 is 1. The number of benzene rings is 3. The molecule has 42 heavy (non-hydrogen) atoms. The molecule has 0 aliphatic carbocycles. The fourth-order valence-electron chi connectivity index (χ4n) is 5.38. The van der Waals surface area contributed by atoms with E-state index in [1.54, 1.807) is 36.4 Å². The molecule has 11 heteroatoms. The Kier molecular flexibility index (Phi) is 7.38. The van der Waals surface area contributed by atoms with Gasteiger partial charge in [0.25, 0.3) is 5.91 Å². The van der Waals surface area contributed by atoms with Crippen LogP contribution in [0.1, 0.15) is 27.5 Å². The van der Waals surface area contributed by atoms with E-state index in [1.165, 1.54) is 23.8 Å². The zero-order valence-electron chi connectivity index (χ0n) is 23.0. The molecule has 3 heterocycles. The third-order valence-electron chi connectivity index (χ3n) is 7.32. The van der Waals surface area contributed by atoms with Gasteiger partial charge >= 0.3 is 4.87 Å². The highest BCUT2D eigenvalue weighted by Gasteiger charge is 2.56. The summed E-state index contributed by atoms with van der Waals surface area (Å²) >= 11 is 2.27. The molecule has 2 aliphatic heterocycles. The molecule has 2 N–H and O–H groups in total. The number of thioether (sulfide) groups is 1. The van der Waals surface area contributed by atoms with Crippen LogP contribution in [0.15, 0.2) is 76.6 Å². The number of aromatic amines is 1. The number of carbonyl (C=O) groups excluding carboxylic acids is 3. The van der Waals surface area contributed by atoms with Gasteiger partial charge in [0.1, 0.15) is 5.25 Å². The van der Waals surface area contributed by atoms with Crippen molar-refractivity contribution in [2.75, 3.05) is 23.9 Å². The molecule has 0 saturated carbocycles. The average molecular weight is 602 g/mol. The van der Waals surface area contributed by atoms with E-state index in [0.717, 1.165) is 22.5 Å². The molecule has 3 atom stereocenters. The number of amides is 3. The lowest BCUT2D eigenvalue weighted by molar-refractivity contribution is -0.122. The van der Waals surface area contributed by atoms with Crippen molar-refractivity contribution in [3.63, 3.8) is 0 Å². The van der Waals surface area contributed by atoms with Crippen molar-refractivity contribution in [1.29, 1.82) is 0 Å². The van der Waals surface area contributed by atoms with Gasteiger partial charge in [-0.15, -0.1) is 0 Å². The van der Waals surface area contributed by atoms with Crippen molar-refractivity contribution in [3.8, 4) is 11.5 Å². The minimum atomic E-state index is -0.723. The summed E-state index contributed by atoms with van der Waals surface area (Å²) in [6, 6.07) is 19.9. The molecular weight excluding hydrogens is 574 g/mol. The van der Waals surface area contributed by atoms with Crippen molar-refractivity contribution in [1.82, 2.24) is 4.98 Å². The first-order valence-electron chi connectivity index (χ1n) is 13.2. The van der Waals surface area contributed by atoms with E-state index in [4.69, 9.17) is 9.47 Å². The Morgan fingerprint density at radius 3 is 2.48 bits per heavy atom. The maximum Gasteiger partial charge on any atom is 0.305 e. The normalized spacial score (nSPS) is 19.3. The number of imide groups is 1. The third-order valence-corrected chi connectivity index (χ3v) is 9.72. The van der Waals surface area contributed by atoms with Crippen LogP contribution in [-0.4, -0.2) is 41.7 Å². The molecule has 1 fully saturated rings. The lowest BCUT2D eigenvalue weighted by atomic mass is 9.83. The van der Waals surface area contributed by atoms with Crippen LogP contribution < -0.4 is 24.6 Å². The number of nitrogens with one attached hydrogen (secondary N) is 2. The van der Waals surface area contributed by atoms with Crippen LogP contribution in [0.25, 0.3) is 0 Å². The average Bonchev–Trinajstić information content (AvgIpc) is 3.46. The van der Waals surface area contributed by atoms with Gasteiger partial charge in [-0.1, -0.05) is 59.0 Å². The molecule has 3 amide bonds. The maximum atomic E-state index is 13.9. The Labute approximate surface area is 249 Å². The Bertz CT molecular complexity index is 1760. The Morgan fingerprint density at radius 2 is 1.74 bits per heavy atom. The molecule has 6 rings (SSSR count). The first-order valence-corrected chi connectivity index (χ1v) is 14.9. The fourth-order valence-corrected chi connectivity index (χ4v) is 7.90. The van der Waals surface area contributed by atoms with Gasteiger partial charge in [0, 0.05) is 16.5 Å². The first-order chi connectivity index (χ1) is 20.2. The number of thiazole rings is 1. The van der Waals surface area contributed by atoms with Gasteiger partial charge in [-0.3, -0.25) is 19.2 Å². The quantitative estimate of drug-likeness (QED) is 0.290. The molecule has 1 saturated heterocycles. The first kappa shape index (κ1) is 27.8. The van der Waals surface area contributed by atoms with E-state index in [-0.39, 0.29) is 29.2 Å². The standard InChI is InChI=1S/C31H27N3O6S2/c1-16-7-10-20(11-8-16)34-29(36)25-24(26-28(33-31(38)42-26)41-27(25)30(34)37)18-9-12-21(22(14-18)39-3)40-15-23(35)32-19-6-4-5-17(2)13-19/h4-14,24-25,27H,15H2,1-3H3,(H,32,35)(H,33,38)/t24-,25-,27+/m0/s1. The number of anilines is 2. The Morgan fingerprint density at radius 1 is 0.952 bits per heavy atom. The zero-order chi connectivity index (χ0) is 29.5. The highest BCUT2D eigenvalue weighted by atomic mass is 32.2. The molecular formula is C31H27N3O6S2. The van der Waals surface area contributed by atoms with Crippen molar-refractivity contribution >= 4 is 52.2 Å².